The van der Waals surface area contributed by atoms with Gasteiger partial charge in [-0.05, 0) is 6.42 Å². The quantitative estimate of drug-likeness (QED) is 0.320. The topological polar surface area (TPSA) is 116 Å². The first kappa shape index (κ1) is 20.3. The maximum atomic E-state index is 11.6. The third-order valence-electron chi connectivity index (χ3n) is 4.05. The molecule has 1 aliphatic rings. The molecule has 0 aromatic carbocycles. The Hall–Kier alpha value is -0.730. The fourth-order valence-electron chi connectivity index (χ4n) is 2.58. The van der Waals surface area contributed by atoms with Crippen molar-refractivity contribution in [2.45, 2.75) is 89.0 Å². The number of rotatable bonds is 11. The molecule has 0 amide bonds. The Bertz CT molecular complexity index is 336. The van der Waals surface area contributed by atoms with Crippen molar-refractivity contribution in [2.75, 3.05) is 6.61 Å². The number of ether oxygens (including phenoxy) is 2. The van der Waals surface area contributed by atoms with Gasteiger partial charge in [-0.3, -0.25) is 4.79 Å². The van der Waals surface area contributed by atoms with E-state index < -0.39 is 36.7 Å². The van der Waals surface area contributed by atoms with Gasteiger partial charge in [0.2, 0.25) is 0 Å². The second-order valence-electron chi connectivity index (χ2n) is 6.09. The number of hydrogen-bond donors (Lipinski definition) is 4. The Kier molecular flexibility index (Phi) is 9.66. The molecule has 1 saturated heterocycles. The van der Waals surface area contributed by atoms with Crippen LogP contribution in [0.4, 0.5) is 0 Å². The van der Waals surface area contributed by atoms with Crippen molar-refractivity contribution in [2.24, 2.45) is 0 Å². The molecule has 0 aromatic heterocycles. The molecule has 5 atom stereocenters. The molecule has 1 fully saturated rings. The Morgan fingerprint density at radius 1 is 1.04 bits per heavy atom. The molecule has 23 heavy (non-hydrogen) atoms. The fourth-order valence-corrected chi connectivity index (χ4v) is 2.58. The lowest BCUT2D eigenvalue weighted by atomic mass is 10.1. The normalized spacial score (nSPS) is 28.7. The molecule has 7 heteroatoms. The molecule has 1 aliphatic heterocycles. The Morgan fingerprint density at radius 2 is 1.65 bits per heavy atom. The molecule has 0 bridgehead atoms. The fraction of sp³-hybridized carbons (Fsp3) is 0.938. The highest BCUT2D eigenvalue weighted by Gasteiger charge is 2.45. The summed E-state index contributed by atoms with van der Waals surface area (Å²) in [7, 11) is 0. The van der Waals surface area contributed by atoms with Crippen molar-refractivity contribution in [3.8, 4) is 0 Å². The molecule has 1 heterocycles. The average molecular weight is 334 g/mol. The molecular weight excluding hydrogens is 304 g/mol. The number of aliphatic hydroxyl groups is 4. The van der Waals surface area contributed by atoms with Crippen LogP contribution in [0, 0.1) is 0 Å². The monoisotopic (exact) mass is 334 g/mol. The number of carbonyl (C=O) groups excluding carboxylic acids is 1. The van der Waals surface area contributed by atoms with Crippen LogP contribution in [0.25, 0.3) is 0 Å². The summed E-state index contributed by atoms with van der Waals surface area (Å²) in [4.78, 5) is 11.6. The maximum absolute atomic E-state index is 11.6. The van der Waals surface area contributed by atoms with Crippen LogP contribution in [0.3, 0.4) is 0 Å². The zero-order valence-corrected chi connectivity index (χ0v) is 13.8. The molecule has 0 aromatic rings. The summed E-state index contributed by atoms with van der Waals surface area (Å²) >= 11 is 0. The predicted octanol–water partition coefficient (Wildman–Crippen LogP) is 0.470. The first-order chi connectivity index (χ1) is 11.0. The van der Waals surface area contributed by atoms with E-state index in [0.29, 0.717) is 6.42 Å². The maximum Gasteiger partial charge on any atom is 0.305 e. The Labute approximate surface area is 137 Å². The lowest BCUT2D eigenvalue weighted by Gasteiger charge is -2.20. The van der Waals surface area contributed by atoms with Crippen LogP contribution >= 0.6 is 0 Å². The smallest absolute Gasteiger partial charge is 0.305 e. The van der Waals surface area contributed by atoms with Crippen LogP contribution < -0.4 is 0 Å². The summed E-state index contributed by atoms with van der Waals surface area (Å²) in [6, 6.07) is 0. The summed E-state index contributed by atoms with van der Waals surface area (Å²) in [5.74, 6) is -0.411. The third-order valence-corrected chi connectivity index (χ3v) is 4.05. The van der Waals surface area contributed by atoms with Gasteiger partial charge in [0.1, 0.15) is 31.0 Å². The van der Waals surface area contributed by atoms with Crippen LogP contribution in [0.1, 0.15) is 58.3 Å². The number of carbonyl (C=O) groups is 1. The molecule has 0 spiro atoms. The molecule has 0 aliphatic carbocycles. The summed E-state index contributed by atoms with van der Waals surface area (Å²) < 4.78 is 9.78. The van der Waals surface area contributed by atoms with E-state index in [9.17, 15) is 25.2 Å². The van der Waals surface area contributed by atoms with Crippen molar-refractivity contribution in [3.05, 3.63) is 0 Å². The van der Waals surface area contributed by atoms with Gasteiger partial charge in [0.15, 0.2) is 6.29 Å². The molecular formula is C16H30O7. The van der Waals surface area contributed by atoms with Crippen molar-refractivity contribution in [1.82, 2.24) is 0 Å². The van der Waals surface area contributed by atoms with Gasteiger partial charge in [-0.25, -0.2) is 0 Å². The van der Waals surface area contributed by atoms with E-state index in [1.165, 1.54) is 25.7 Å². The molecule has 0 radical (unpaired) electrons. The first-order valence-electron chi connectivity index (χ1n) is 8.50. The highest BCUT2D eigenvalue weighted by molar-refractivity contribution is 5.69. The largest absolute Gasteiger partial charge is 0.463 e. The Morgan fingerprint density at radius 3 is 2.22 bits per heavy atom. The first-order valence-corrected chi connectivity index (χ1v) is 8.50. The van der Waals surface area contributed by atoms with E-state index in [1.807, 2.05) is 0 Å². The van der Waals surface area contributed by atoms with Crippen LogP contribution in [0.15, 0.2) is 0 Å². The summed E-state index contributed by atoms with van der Waals surface area (Å²) in [5, 5.41) is 38.0. The highest BCUT2D eigenvalue weighted by Crippen LogP contribution is 2.22. The minimum absolute atomic E-state index is 0.291. The minimum atomic E-state index is -1.55. The second-order valence-corrected chi connectivity index (χ2v) is 6.09. The lowest BCUT2D eigenvalue weighted by Crippen LogP contribution is -2.41. The van der Waals surface area contributed by atoms with Crippen LogP contribution in [-0.2, 0) is 14.3 Å². The van der Waals surface area contributed by atoms with Gasteiger partial charge in [-0.2, -0.15) is 0 Å². The molecule has 7 nitrogen and oxygen atoms in total. The van der Waals surface area contributed by atoms with Gasteiger partial charge < -0.3 is 29.9 Å². The van der Waals surface area contributed by atoms with E-state index in [-0.39, 0.29) is 6.61 Å². The molecule has 136 valence electrons. The second kappa shape index (κ2) is 10.9. The van der Waals surface area contributed by atoms with Gasteiger partial charge in [-0.1, -0.05) is 45.4 Å². The van der Waals surface area contributed by atoms with E-state index in [0.717, 1.165) is 19.3 Å². The van der Waals surface area contributed by atoms with E-state index in [2.05, 4.69) is 6.92 Å². The van der Waals surface area contributed by atoms with Crippen LogP contribution in [-0.4, -0.2) is 63.7 Å². The van der Waals surface area contributed by atoms with Gasteiger partial charge >= 0.3 is 5.97 Å². The SMILES string of the molecule is CCCCCCCCCC(=O)OC[C@@H](O)[C@H]1OC(O)[C@H](O)[C@@H]1O. The van der Waals surface area contributed by atoms with Crippen LogP contribution in [0.2, 0.25) is 0 Å². The van der Waals surface area contributed by atoms with Gasteiger partial charge in [0.05, 0.1) is 0 Å². The average Bonchev–Trinajstić information content (AvgIpc) is 2.79. The van der Waals surface area contributed by atoms with Gasteiger partial charge in [0.25, 0.3) is 0 Å². The van der Waals surface area contributed by atoms with E-state index >= 15 is 0 Å². The van der Waals surface area contributed by atoms with Crippen molar-refractivity contribution in [3.63, 3.8) is 0 Å². The zero-order valence-electron chi connectivity index (χ0n) is 13.8. The third kappa shape index (κ3) is 7.14. The molecule has 1 rings (SSSR count). The minimum Gasteiger partial charge on any atom is -0.463 e. The highest BCUT2D eigenvalue weighted by atomic mass is 16.7. The number of hydrogen-bond acceptors (Lipinski definition) is 7. The molecule has 1 unspecified atom stereocenters. The Balaban J connectivity index is 2.09. The number of esters is 1. The van der Waals surface area contributed by atoms with Crippen molar-refractivity contribution >= 4 is 5.97 Å². The number of aliphatic hydroxyl groups excluding tert-OH is 4. The van der Waals surface area contributed by atoms with Crippen molar-refractivity contribution in [1.29, 1.82) is 0 Å². The lowest BCUT2D eigenvalue weighted by molar-refractivity contribution is -0.163. The predicted molar refractivity (Wildman–Crippen MR) is 82.5 cm³/mol. The van der Waals surface area contributed by atoms with E-state index in [4.69, 9.17) is 9.47 Å². The van der Waals surface area contributed by atoms with Crippen molar-refractivity contribution < 1.29 is 34.7 Å². The van der Waals surface area contributed by atoms with Gasteiger partial charge in [0, 0.05) is 6.42 Å². The van der Waals surface area contributed by atoms with Crippen LogP contribution in [0.5, 0.6) is 0 Å². The summed E-state index contributed by atoms with van der Waals surface area (Å²) in [6.45, 7) is 1.83. The molecule has 4 N–H and O–H groups in total. The molecule has 0 saturated carbocycles. The zero-order chi connectivity index (χ0) is 17.2. The standard InChI is InChI=1S/C16H30O7/c1-2-3-4-5-6-7-8-9-12(18)22-10-11(17)15-13(19)14(20)16(21)23-15/h11,13-17,19-21H,2-10H2,1H3/t11-,13+,14-,15-,16?/m1/s1. The van der Waals surface area contributed by atoms with Gasteiger partial charge in [-0.15, -0.1) is 0 Å². The summed E-state index contributed by atoms with van der Waals surface area (Å²) in [6.07, 6.45) is 1.09. The van der Waals surface area contributed by atoms with E-state index in [1.54, 1.807) is 0 Å². The number of unbranched alkanes of at least 4 members (excludes halogenated alkanes) is 6. The summed E-state index contributed by atoms with van der Waals surface area (Å²) in [5.41, 5.74) is 0.